The third-order valence-electron chi connectivity index (χ3n) is 3.84. The molecule has 0 aliphatic heterocycles. The van der Waals surface area contributed by atoms with Crippen molar-refractivity contribution >= 4 is 15.9 Å². The molecule has 0 fully saturated rings. The molecule has 0 atom stereocenters. The van der Waals surface area contributed by atoms with Gasteiger partial charge in [-0.25, -0.2) is 13.4 Å². The van der Waals surface area contributed by atoms with Crippen LogP contribution in [0.4, 0.5) is 0 Å². The van der Waals surface area contributed by atoms with Crippen LogP contribution >= 0.6 is 0 Å². The molecule has 7 heteroatoms. The first-order valence-corrected chi connectivity index (χ1v) is 9.63. The highest BCUT2D eigenvalue weighted by Gasteiger charge is 2.21. The van der Waals surface area contributed by atoms with Crippen LogP contribution in [0.25, 0.3) is 0 Å². The van der Waals surface area contributed by atoms with Crippen LogP contribution in [0.3, 0.4) is 0 Å². The number of carbonyl (C=O) groups is 1. The van der Waals surface area contributed by atoms with Crippen LogP contribution < -0.4 is 5.32 Å². The van der Waals surface area contributed by atoms with E-state index in [0.29, 0.717) is 25.3 Å². The summed E-state index contributed by atoms with van der Waals surface area (Å²) >= 11 is 0. The molecule has 25 heavy (non-hydrogen) atoms. The monoisotopic (exact) mass is 361 g/mol. The number of hydrogen-bond acceptors (Lipinski definition) is 4. The normalized spacial score (nSPS) is 11.5. The lowest BCUT2D eigenvalue weighted by Crippen LogP contribution is -2.30. The highest BCUT2D eigenvalue weighted by molar-refractivity contribution is 7.89. The minimum Gasteiger partial charge on any atom is -0.347 e. The van der Waals surface area contributed by atoms with Gasteiger partial charge in [-0.3, -0.25) is 4.79 Å². The molecule has 6 nitrogen and oxygen atoms in total. The molecule has 1 amide bonds. The van der Waals surface area contributed by atoms with Crippen molar-refractivity contribution in [3.63, 3.8) is 0 Å². The van der Waals surface area contributed by atoms with E-state index < -0.39 is 10.0 Å². The molecule has 0 bridgehead atoms. The first-order valence-electron chi connectivity index (χ1n) is 8.19. The molecule has 1 aromatic heterocycles. The highest BCUT2D eigenvalue weighted by atomic mass is 32.2. The number of benzene rings is 1. The molecule has 134 valence electrons. The van der Waals surface area contributed by atoms with Crippen molar-refractivity contribution in [2.45, 2.75) is 32.2 Å². The van der Waals surface area contributed by atoms with Crippen molar-refractivity contribution in [1.82, 2.24) is 14.6 Å². The molecule has 0 radical (unpaired) electrons. The summed E-state index contributed by atoms with van der Waals surface area (Å²) in [4.78, 5) is 16.5. The molecule has 0 unspecified atom stereocenters. The number of pyridine rings is 1. The van der Waals surface area contributed by atoms with Gasteiger partial charge < -0.3 is 5.32 Å². The van der Waals surface area contributed by atoms with E-state index in [1.54, 1.807) is 36.4 Å². The summed E-state index contributed by atoms with van der Waals surface area (Å²) in [7, 11) is -3.46. The van der Waals surface area contributed by atoms with E-state index in [1.807, 2.05) is 26.8 Å². The van der Waals surface area contributed by atoms with Crippen LogP contribution in [0.1, 0.15) is 35.6 Å². The maximum Gasteiger partial charge on any atom is 0.270 e. The van der Waals surface area contributed by atoms with Crippen LogP contribution in [0.15, 0.2) is 47.4 Å². The van der Waals surface area contributed by atoms with Crippen LogP contribution in [0, 0.1) is 6.92 Å². The van der Waals surface area contributed by atoms with Gasteiger partial charge >= 0.3 is 0 Å². The fourth-order valence-corrected chi connectivity index (χ4v) is 3.89. The molecule has 0 saturated carbocycles. The number of nitrogens with one attached hydrogen (secondary N) is 1. The smallest absolute Gasteiger partial charge is 0.270 e. The summed E-state index contributed by atoms with van der Waals surface area (Å²) in [5, 5.41) is 2.78. The standard InChI is InChI=1S/C18H23N3O3S/c1-4-21(5-2)25(23,24)16-11-9-15(10-12-16)13-19-18(22)17-8-6-7-14(3)20-17/h6-12H,4-5,13H2,1-3H3,(H,19,22). The molecular weight excluding hydrogens is 338 g/mol. The van der Waals surface area contributed by atoms with Crippen LogP contribution in [0.5, 0.6) is 0 Å². The largest absolute Gasteiger partial charge is 0.347 e. The quantitative estimate of drug-likeness (QED) is 0.821. The van der Waals surface area contributed by atoms with Crippen molar-refractivity contribution in [2.24, 2.45) is 0 Å². The topological polar surface area (TPSA) is 79.4 Å². The Morgan fingerprint density at radius 1 is 1.08 bits per heavy atom. The Labute approximate surface area is 148 Å². The van der Waals surface area contributed by atoms with Crippen molar-refractivity contribution < 1.29 is 13.2 Å². The van der Waals surface area contributed by atoms with Crippen molar-refractivity contribution in [3.05, 3.63) is 59.4 Å². The summed E-state index contributed by atoms with van der Waals surface area (Å²) < 4.78 is 26.3. The highest BCUT2D eigenvalue weighted by Crippen LogP contribution is 2.16. The zero-order valence-electron chi connectivity index (χ0n) is 14.7. The maximum absolute atomic E-state index is 12.4. The van der Waals surface area contributed by atoms with E-state index in [-0.39, 0.29) is 10.8 Å². The molecule has 0 aliphatic rings. The summed E-state index contributed by atoms with van der Waals surface area (Å²) in [6, 6.07) is 11.8. The lowest BCUT2D eigenvalue weighted by molar-refractivity contribution is 0.0945. The van der Waals surface area contributed by atoms with Gasteiger partial charge in [0.1, 0.15) is 5.69 Å². The average molecular weight is 361 g/mol. The van der Waals surface area contributed by atoms with Gasteiger partial charge in [0, 0.05) is 25.3 Å². The number of carbonyl (C=O) groups excluding carboxylic acids is 1. The van der Waals surface area contributed by atoms with Crippen molar-refractivity contribution in [2.75, 3.05) is 13.1 Å². The lowest BCUT2D eigenvalue weighted by atomic mass is 10.2. The third kappa shape index (κ3) is 4.64. The number of aryl methyl sites for hydroxylation is 1. The second kappa shape index (κ2) is 8.22. The minimum atomic E-state index is -3.46. The summed E-state index contributed by atoms with van der Waals surface area (Å²) in [5.41, 5.74) is 1.96. The van der Waals surface area contributed by atoms with E-state index in [9.17, 15) is 13.2 Å². The van der Waals surface area contributed by atoms with Crippen molar-refractivity contribution in [3.8, 4) is 0 Å². The minimum absolute atomic E-state index is 0.256. The van der Waals surface area contributed by atoms with E-state index >= 15 is 0 Å². The Hall–Kier alpha value is -2.25. The number of rotatable bonds is 7. The van der Waals surface area contributed by atoms with E-state index in [4.69, 9.17) is 0 Å². The summed E-state index contributed by atoms with van der Waals surface area (Å²) in [6.07, 6.45) is 0. The predicted octanol–water partition coefficient (Wildman–Crippen LogP) is 2.35. The molecule has 1 heterocycles. The number of amides is 1. The van der Waals surface area contributed by atoms with E-state index in [0.717, 1.165) is 11.3 Å². The first-order chi connectivity index (χ1) is 11.9. The molecule has 2 rings (SSSR count). The van der Waals surface area contributed by atoms with Gasteiger partial charge in [0.25, 0.3) is 5.91 Å². The SMILES string of the molecule is CCN(CC)S(=O)(=O)c1ccc(CNC(=O)c2cccc(C)n2)cc1. The van der Waals surface area contributed by atoms with Gasteiger partial charge in [-0.15, -0.1) is 0 Å². The van der Waals surface area contributed by atoms with E-state index in [2.05, 4.69) is 10.3 Å². The Bertz CT molecular complexity index is 829. The first kappa shape index (κ1) is 19.1. The summed E-state index contributed by atoms with van der Waals surface area (Å²) in [5.74, 6) is -0.261. The van der Waals surface area contributed by atoms with E-state index in [1.165, 1.54) is 4.31 Å². The number of nitrogens with zero attached hydrogens (tertiary/aromatic N) is 2. The maximum atomic E-state index is 12.4. The molecular formula is C18H23N3O3S. The number of hydrogen-bond donors (Lipinski definition) is 1. The van der Waals surface area contributed by atoms with Gasteiger partial charge in [-0.2, -0.15) is 4.31 Å². The predicted molar refractivity (Wildman–Crippen MR) is 96.7 cm³/mol. The molecule has 2 aromatic rings. The zero-order valence-corrected chi connectivity index (χ0v) is 15.5. The van der Waals surface area contributed by atoms with Gasteiger partial charge in [0.05, 0.1) is 4.90 Å². The fourth-order valence-electron chi connectivity index (χ4n) is 2.43. The lowest BCUT2D eigenvalue weighted by Gasteiger charge is -2.18. The molecule has 1 N–H and O–H groups in total. The van der Waals surface area contributed by atoms with Crippen LogP contribution in [-0.4, -0.2) is 36.7 Å². The summed E-state index contributed by atoms with van der Waals surface area (Å²) in [6.45, 7) is 6.61. The molecule has 1 aromatic carbocycles. The number of aromatic nitrogens is 1. The Morgan fingerprint density at radius 3 is 2.28 bits per heavy atom. The van der Waals surface area contributed by atoms with Gasteiger partial charge in [0.2, 0.25) is 10.0 Å². The Kier molecular flexibility index (Phi) is 6.27. The molecule has 0 aliphatic carbocycles. The molecule has 0 saturated heterocycles. The number of sulfonamides is 1. The second-order valence-electron chi connectivity index (χ2n) is 5.58. The molecule has 0 spiro atoms. The van der Waals surface area contributed by atoms with Crippen molar-refractivity contribution in [1.29, 1.82) is 0 Å². The van der Waals surface area contributed by atoms with Crippen LogP contribution in [0.2, 0.25) is 0 Å². The Balaban J connectivity index is 2.04. The van der Waals surface area contributed by atoms with Crippen LogP contribution in [-0.2, 0) is 16.6 Å². The third-order valence-corrected chi connectivity index (χ3v) is 5.90. The Morgan fingerprint density at radius 2 is 1.72 bits per heavy atom. The fraction of sp³-hybridized carbons (Fsp3) is 0.333. The zero-order chi connectivity index (χ0) is 18.4. The second-order valence-corrected chi connectivity index (χ2v) is 7.52. The average Bonchev–Trinajstić information content (AvgIpc) is 2.61. The van der Waals surface area contributed by atoms with Gasteiger partial charge in [-0.05, 0) is 36.8 Å². The van der Waals surface area contributed by atoms with Gasteiger partial charge in [0.15, 0.2) is 0 Å². The van der Waals surface area contributed by atoms with Gasteiger partial charge in [-0.1, -0.05) is 32.0 Å².